The third-order valence-electron chi connectivity index (χ3n) is 3.07. The molecule has 0 saturated heterocycles. The van der Waals surface area contributed by atoms with E-state index < -0.39 is 11.6 Å². The van der Waals surface area contributed by atoms with Crippen LogP contribution in [0.4, 0.5) is 0 Å². The highest BCUT2D eigenvalue weighted by atomic mass is 16.5. The Labute approximate surface area is 114 Å². The minimum absolute atomic E-state index is 0.0671. The summed E-state index contributed by atoms with van der Waals surface area (Å²) in [5, 5.41) is 12.3. The summed E-state index contributed by atoms with van der Waals surface area (Å²) in [6, 6.07) is 9.52. The zero-order valence-electron chi connectivity index (χ0n) is 11.8. The van der Waals surface area contributed by atoms with Crippen molar-refractivity contribution in [3.05, 3.63) is 30.3 Å². The number of nitrogens with one attached hydrogen (secondary N) is 1. The van der Waals surface area contributed by atoms with E-state index in [9.17, 15) is 9.90 Å². The Morgan fingerprint density at radius 3 is 2.58 bits per heavy atom. The van der Waals surface area contributed by atoms with Crippen molar-refractivity contribution in [2.75, 3.05) is 6.61 Å². The van der Waals surface area contributed by atoms with Crippen LogP contribution in [0.2, 0.25) is 0 Å². The third-order valence-corrected chi connectivity index (χ3v) is 3.07. The van der Waals surface area contributed by atoms with E-state index in [-0.39, 0.29) is 5.91 Å². The van der Waals surface area contributed by atoms with Crippen LogP contribution in [-0.2, 0) is 4.79 Å². The average Bonchev–Trinajstić information content (AvgIpc) is 2.35. The van der Waals surface area contributed by atoms with Crippen LogP contribution in [0.25, 0.3) is 0 Å². The Bertz CT molecular complexity index is 388. The molecule has 2 N–H and O–H groups in total. The van der Waals surface area contributed by atoms with Gasteiger partial charge in [-0.25, -0.2) is 0 Å². The second kappa shape index (κ2) is 7.14. The Morgan fingerprint density at radius 2 is 2.00 bits per heavy atom. The fraction of sp³-hybridized carbons (Fsp3) is 0.533. The van der Waals surface area contributed by atoms with Gasteiger partial charge in [-0.15, -0.1) is 0 Å². The molecule has 1 aromatic carbocycles. The van der Waals surface area contributed by atoms with Crippen molar-refractivity contribution in [2.24, 2.45) is 0 Å². The fourth-order valence-corrected chi connectivity index (χ4v) is 1.47. The van der Waals surface area contributed by atoms with Crippen LogP contribution < -0.4 is 10.1 Å². The monoisotopic (exact) mass is 265 g/mol. The predicted molar refractivity (Wildman–Crippen MR) is 75.1 cm³/mol. The molecule has 0 radical (unpaired) electrons. The number of carbonyl (C=O) groups excluding carboxylic acids is 1. The number of aliphatic hydroxyl groups is 1. The van der Waals surface area contributed by atoms with Crippen molar-refractivity contribution >= 4 is 5.91 Å². The molecule has 0 spiro atoms. The number of aliphatic hydroxyl groups excluding tert-OH is 1. The lowest BCUT2D eigenvalue weighted by atomic mass is 9.98. The molecule has 4 heteroatoms. The van der Waals surface area contributed by atoms with Crippen LogP contribution in [0.5, 0.6) is 5.75 Å². The maximum atomic E-state index is 11.7. The van der Waals surface area contributed by atoms with Gasteiger partial charge < -0.3 is 15.2 Å². The number of benzene rings is 1. The highest BCUT2D eigenvalue weighted by molar-refractivity contribution is 5.76. The van der Waals surface area contributed by atoms with Crippen LogP contribution >= 0.6 is 0 Å². The van der Waals surface area contributed by atoms with Crippen molar-refractivity contribution in [1.29, 1.82) is 0 Å². The van der Waals surface area contributed by atoms with E-state index in [2.05, 4.69) is 5.32 Å². The zero-order chi connectivity index (χ0) is 14.3. The number of ether oxygens (including phenoxy) is 1. The molecule has 106 valence electrons. The van der Waals surface area contributed by atoms with Gasteiger partial charge in [-0.1, -0.05) is 18.2 Å². The molecule has 0 aliphatic rings. The number of amides is 1. The van der Waals surface area contributed by atoms with Crippen LogP contribution in [0.15, 0.2) is 30.3 Å². The van der Waals surface area contributed by atoms with E-state index in [1.54, 1.807) is 20.8 Å². The lowest BCUT2D eigenvalue weighted by Gasteiger charge is -2.29. The molecule has 0 aliphatic heterocycles. The van der Waals surface area contributed by atoms with E-state index in [1.165, 1.54) is 0 Å². The molecule has 1 rings (SSSR count). The third kappa shape index (κ3) is 5.75. The Balaban J connectivity index is 2.21. The molecule has 1 atom stereocenters. The van der Waals surface area contributed by atoms with Crippen molar-refractivity contribution < 1.29 is 14.6 Å². The summed E-state index contributed by atoms with van der Waals surface area (Å²) >= 11 is 0. The second-order valence-electron chi connectivity index (χ2n) is 5.21. The molecule has 0 aromatic heterocycles. The lowest BCUT2D eigenvalue weighted by molar-refractivity contribution is -0.124. The summed E-state index contributed by atoms with van der Waals surface area (Å²) in [6.07, 6.45) is 0.455. The van der Waals surface area contributed by atoms with E-state index in [0.717, 1.165) is 5.75 Å². The molecule has 0 saturated carbocycles. The smallest absolute Gasteiger partial charge is 0.220 e. The second-order valence-corrected chi connectivity index (χ2v) is 5.21. The average molecular weight is 265 g/mol. The summed E-state index contributed by atoms with van der Waals surface area (Å²) in [5.41, 5.74) is -0.600. The Kier molecular flexibility index (Phi) is 5.83. The maximum Gasteiger partial charge on any atom is 0.220 e. The first-order chi connectivity index (χ1) is 8.92. The fourth-order valence-electron chi connectivity index (χ4n) is 1.47. The van der Waals surface area contributed by atoms with Crippen LogP contribution in [-0.4, -0.2) is 29.3 Å². The van der Waals surface area contributed by atoms with Gasteiger partial charge in [0, 0.05) is 6.42 Å². The molecule has 1 amide bonds. The van der Waals surface area contributed by atoms with Crippen LogP contribution in [0.3, 0.4) is 0 Å². The SMILES string of the molecule is CC(O)C(C)(C)NC(=O)CCCOc1ccccc1. The molecule has 1 unspecified atom stereocenters. The maximum absolute atomic E-state index is 11.7. The summed E-state index contributed by atoms with van der Waals surface area (Å²) in [4.78, 5) is 11.7. The van der Waals surface area contributed by atoms with Gasteiger partial charge in [-0.2, -0.15) is 0 Å². The molecule has 0 heterocycles. The summed E-state index contributed by atoms with van der Waals surface area (Å²) in [6.45, 7) is 5.78. The van der Waals surface area contributed by atoms with E-state index in [4.69, 9.17) is 4.74 Å². The first-order valence-electron chi connectivity index (χ1n) is 6.59. The van der Waals surface area contributed by atoms with Crippen LogP contribution in [0.1, 0.15) is 33.6 Å². The summed E-state index contributed by atoms with van der Waals surface area (Å²) in [5.74, 6) is 0.745. The first-order valence-corrected chi connectivity index (χ1v) is 6.59. The van der Waals surface area contributed by atoms with Crippen molar-refractivity contribution in [1.82, 2.24) is 5.32 Å². The van der Waals surface area contributed by atoms with Gasteiger partial charge in [0.15, 0.2) is 0 Å². The molecule has 1 aromatic rings. The van der Waals surface area contributed by atoms with Gasteiger partial charge in [-0.3, -0.25) is 4.79 Å². The largest absolute Gasteiger partial charge is 0.494 e. The predicted octanol–water partition coefficient (Wildman–Crippen LogP) is 2.12. The quantitative estimate of drug-likeness (QED) is 0.742. The number of carbonyl (C=O) groups is 1. The normalized spacial score (nSPS) is 12.8. The van der Waals surface area contributed by atoms with E-state index >= 15 is 0 Å². The molecule has 4 nitrogen and oxygen atoms in total. The highest BCUT2D eigenvalue weighted by Gasteiger charge is 2.25. The van der Waals surface area contributed by atoms with Gasteiger partial charge >= 0.3 is 0 Å². The van der Waals surface area contributed by atoms with Gasteiger partial charge in [0.05, 0.1) is 18.2 Å². The molecular formula is C15H23NO3. The Hall–Kier alpha value is -1.55. The van der Waals surface area contributed by atoms with E-state index in [1.807, 2.05) is 30.3 Å². The zero-order valence-corrected chi connectivity index (χ0v) is 11.8. The van der Waals surface area contributed by atoms with E-state index in [0.29, 0.717) is 19.4 Å². The van der Waals surface area contributed by atoms with Crippen molar-refractivity contribution in [3.63, 3.8) is 0 Å². The highest BCUT2D eigenvalue weighted by Crippen LogP contribution is 2.10. The minimum Gasteiger partial charge on any atom is -0.494 e. The number of para-hydroxylation sites is 1. The number of hydrogen-bond acceptors (Lipinski definition) is 3. The first kappa shape index (κ1) is 15.5. The van der Waals surface area contributed by atoms with Crippen molar-refractivity contribution in [3.8, 4) is 5.75 Å². The summed E-state index contributed by atoms with van der Waals surface area (Å²) in [7, 11) is 0. The van der Waals surface area contributed by atoms with Gasteiger partial charge in [0.1, 0.15) is 5.75 Å². The van der Waals surface area contributed by atoms with Gasteiger partial charge in [0.2, 0.25) is 5.91 Å². The van der Waals surface area contributed by atoms with Crippen LogP contribution in [0, 0.1) is 0 Å². The topological polar surface area (TPSA) is 58.6 Å². The number of rotatable bonds is 7. The number of hydrogen-bond donors (Lipinski definition) is 2. The van der Waals surface area contributed by atoms with Gasteiger partial charge in [0.25, 0.3) is 0 Å². The Morgan fingerprint density at radius 1 is 1.37 bits per heavy atom. The molecule has 0 aliphatic carbocycles. The van der Waals surface area contributed by atoms with Crippen molar-refractivity contribution in [2.45, 2.75) is 45.3 Å². The lowest BCUT2D eigenvalue weighted by Crippen LogP contribution is -2.50. The molecule has 0 fully saturated rings. The standard InChI is InChI=1S/C15H23NO3/c1-12(17)15(2,3)16-14(18)10-7-11-19-13-8-5-4-6-9-13/h4-6,8-9,12,17H,7,10-11H2,1-3H3,(H,16,18). The minimum atomic E-state index is -0.600. The molecule has 0 bridgehead atoms. The summed E-state index contributed by atoms with van der Waals surface area (Å²) < 4.78 is 5.50. The molecular weight excluding hydrogens is 242 g/mol. The molecule has 19 heavy (non-hydrogen) atoms. The van der Waals surface area contributed by atoms with Gasteiger partial charge in [-0.05, 0) is 39.3 Å².